The first-order chi connectivity index (χ1) is 9.08. The summed E-state index contributed by atoms with van der Waals surface area (Å²) in [5, 5.41) is 2.95. The van der Waals surface area contributed by atoms with E-state index in [1.807, 2.05) is 19.1 Å². The Balaban J connectivity index is 2.01. The molecule has 1 aliphatic carbocycles. The number of nitrogens with zero attached hydrogens (tertiary/aromatic N) is 1. The second-order valence-electron chi connectivity index (χ2n) is 5.27. The van der Waals surface area contributed by atoms with Crippen LogP contribution >= 0.6 is 0 Å². The third kappa shape index (κ3) is 2.71. The monoisotopic (exact) mass is 263 g/mol. The molecular weight excluding hydrogens is 242 g/mol. The van der Waals surface area contributed by atoms with Crippen molar-refractivity contribution in [2.24, 2.45) is 11.1 Å². The van der Waals surface area contributed by atoms with Crippen LogP contribution in [0, 0.1) is 5.41 Å². The number of hydrogen-bond donors (Lipinski definition) is 2. The fourth-order valence-electron chi connectivity index (χ4n) is 2.59. The van der Waals surface area contributed by atoms with Gasteiger partial charge in [-0.25, -0.2) is 4.98 Å². The molecule has 0 bridgehead atoms. The lowest BCUT2D eigenvalue weighted by Gasteiger charge is -2.27. The fourth-order valence-corrected chi connectivity index (χ4v) is 2.59. The molecule has 1 saturated carbocycles. The van der Waals surface area contributed by atoms with Crippen molar-refractivity contribution in [1.29, 1.82) is 0 Å². The van der Waals surface area contributed by atoms with E-state index in [2.05, 4.69) is 10.3 Å². The summed E-state index contributed by atoms with van der Waals surface area (Å²) < 4.78 is 5.16. The Labute approximate surface area is 113 Å². The normalized spacial score (nSPS) is 26.2. The molecule has 1 amide bonds. The number of aromatic nitrogens is 1. The molecule has 0 aromatic carbocycles. The highest BCUT2D eigenvalue weighted by Crippen LogP contribution is 2.36. The standard InChI is InChI=1S/C14H21N3O2/c1-14(7-3-6-11(14)15)13(18)17-9-10-5-4-8-16-12(10)19-2/h4-5,8,11H,3,6-7,9,15H2,1-2H3,(H,17,18). The second-order valence-corrected chi connectivity index (χ2v) is 5.27. The van der Waals surface area contributed by atoms with Gasteiger partial charge >= 0.3 is 0 Å². The highest BCUT2D eigenvalue weighted by Gasteiger charge is 2.42. The molecule has 1 aromatic heterocycles. The molecule has 1 fully saturated rings. The topological polar surface area (TPSA) is 77.2 Å². The smallest absolute Gasteiger partial charge is 0.227 e. The SMILES string of the molecule is COc1ncccc1CNC(=O)C1(C)CCCC1N. The molecule has 2 rings (SSSR count). The van der Waals surface area contributed by atoms with Gasteiger partial charge in [-0.2, -0.15) is 0 Å². The van der Waals surface area contributed by atoms with Crippen LogP contribution in [-0.4, -0.2) is 24.0 Å². The molecular formula is C14H21N3O2. The van der Waals surface area contributed by atoms with Gasteiger partial charge in [0.25, 0.3) is 0 Å². The van der Waals surface area contributed by atoms with Crippen molar-refractivity contribution < 1.29 is 9.53 Å². The summed E-state index contributed by atoms with van der Waals surface area (Å²) in [5.41, 5.74) is 6.46. The molecule has 0 saturated heterocycles. The van der Waals surface area contributed by atoms with E-state index in [1.54, 1.807) is 13.3 Å². The molecule has 5 heteroatoms. The molecule has 104 valence electrons. The molecule has 5 nitrogen and oxygen atoms in total. The van der Waals surface area contributed by atoms with Gasteiger partial charge in [-0.1, -0.05) is 12.5 Å². The number of ether oxygens (including phenoxy) is 1. The predicted octanol–water partition coefficient (Wildman–Crippen LogP) is 1.22. The van der Waals surface area contributed by atoms with Crippen molar-refractivity contribution in [3.05, 3.63) is 23.9 Å². The Morgan fingerprint density at radius 1 is 1.68 bits per heavy atom. The quantitative estimate of drug-likeness (QED) is 0.856. The third-order valence-electron chi connectivity index (χ3n) is 4.03. The average Bonchev–Trinajstić information content (AvgIpc) is 2.77. The zero-order valence-corrected chi connectivity index (χ0v) is 11.5. The van der Waals surface area contributed by atoms with E-state index in [4.69, 9.17) is 10.5 Å². The molecule has 1 aromatic rings. The lowest BCUT2D eigenvalue weighted by molar-refractivity contribution is -0.130. The first-order valence-electron chi connectivity index (χ1n) is 6.59. The highest BCUT2D eigenvalue weighted by atomic mass is 16.5. The maximum absolute atomic E-state index is 12.3. The largest absolute Gasteiger partial charge is 0.481 e. The first-order valence-corrected chi connectivity index (χ1v) is 6.59. The number of methoxy groups -OCH3 is 1. The van der Waals surface area contributed by atoms with Crippen LogP contribution in [0.2, 0.25) is 0 Å². The van der Waals surface area contributed by atoms with Crippen LogP contribution < -0.4 is 15.8 Å². The van der Waals surface area contributed by atoms with E-state index in [1.165, 1.54) is 0 Å². The fraction of sp³-hybridized carbons (Fsp3) is 0.571. The lowest BCUT2D eigenvalue weighted by Crippen LogP contribution is -2.47. The van der Waals surface area contributed by atoms with Gasteiger partial charge in [-0.3, -0.25) is 4.79 Å². The van der Waals surface area contributed by atoms with E-state index in [9.17, 15) is 4.79 Å². The maximum atomic E-state index is 12.3. The van der Waals surface area contributed by atoms with Crippen molar-refractivity contribution in [2.45, 2.75) is 38.8 Å². The lowest BCUT2D eigenvalue weighted by atomic mass is 9.84. The Morgan fingerprint density at radius 2 is 2.47 bits per heavy atom. The Hall–Kier alpha value is -1.62. The number of carbonyl (C=O) groups is 1. The zero-order valence-electron chi connectivity index (χ0n) is 11.5. The number of rotatable bonds is 4. The zero-order chi connectivity index (χ0) is 13.9. The van der Waals surface area contributed by atoms with Crippen molar-refractivity contribution >= 4 is 5.91 Å². The molecule has 0 spiro atoms. The van der Waals surface area contributed by atoms with Crippen molar-refractivity contribution in [1.82, 2.24) is 10.3 Å². The summed E-state index contributed by atoms with van der Waals surface area (Å²) in [6.45, 7) is 2.36. The van der Waals surface area contributed by atoms with Crippen LogP contribution in [0.4, 0.5) is 0 Å². The number of nitrogens with one attached hydrogen (secondary N) is 1. The van der Waals surface area contributed by atoms with Crippen LogP contribution in [0.5, 0.6) is 5.88 Å². The van der Waals surface area contributed by atoms with Crippen LogP contribution in [0.3, 0.4) is 0 Å². The Morgan fingerprint density at radius 3 is 3.11 bits per heavy atom. The van der Waals surface area contributed by atoms with Gasteiger partial charge in [0.2, 0.25) is 11.8 Å². The number of hydrogen-bond acceptors (Lipinski definition) is 4. The molecule has 19 heavy (non-hydrogen) atoms. The molecule has 1 aliphatic rings. The number of nitrogens with two attached hydrogens (primary N) is 1. The van der Waals surface area contributed by atoms with Gasteiger partial charge in [0.05, 0.1) is 12.5 Å². The Kier molecular flexibility index (Phi) is 4.04. The van der Waals surface area contributed by atoms with E-state index in [0.29, 0.717) is 12.4 Å². The molecule has 2 atom stereocenters. The van der Waals surface area contributed by atoms with Gasteiger partial charge in [-0.15, -0.1) is 0 Å². The number of pyridine rings is 1. The number of amides is 1. The van der Waals surface area contributed by atoms with E-state index in [-0.39, 0.29) is 11.9 Å². The Bertz CT molecular complexity index is 464. The van der Waals surface area contributed by atoms with E-state index >= 15 is 0 Å². The van der Waals surface area contributed by atoms with Gasteiger partial charge in [0.1, 0.15) is 0 Å². The minimum Gasteiger partial charge on any atom is -0.481 e. The van der Waals surface area contributed by atoms with Crippen molar-refractivity contribution in [3.63, 3.8) is 0 Å². The predicted molar refractivity (Wildman–Crippen MR) is 72.6 cm³/mol. The molecule has 3 N–H and O–H groups in total. The van der Waals surface area contributed by atoms with Crippen LogP contribution in [-0.2, 0) is 11.3 Å². The summed E-state index contributed by atoms with van der Waals surface area (Å²) in [6.07, 6.45) is 4.45. The second kappa shape index (κ2) is 5.57. The van der Waals surface area contributed by atoms with Gasteiger partial charge in [0, 0.05) is 24.3 Å². The summed E-state index contributed by atoms with van der Waals surface area (Å²) in [6, 6.07) is 3.67. The van der Waals surface area contributed by atoms with Gasteiger partial charge in [-0.05, 0) is 25.8 Å². The molecule has 0 aliphatic heterocycles. The summed E-state index contributed by atoms with van der Waals surface area (Å²) in [4.78, 5) is 16.4. The third-order valence-corrected chi connectivity index (χ3v) is 4.03. The highest BCUT2D eigenvalue weighted by molar-refractivity contribution is 5.83. The van der Waals surface area contributed by atoms with Crippen LogP contribution in [0.25, 0.3) is 0 Å². The van der Waals surface area contributed by atoms with E-state index < -0.39 is 5.41 Å². The van der Waals surface area contributed by atoms with Crippen molar-refractivity contribution in [2.75, 3.05) is 7.11 Å². The molecule has 0 radical (unpaired) electrons. The van der Waals surface area contributed by atoms with Crippen molar-refractivity contribution in [3.8, 4) is 5.88 Å². The van der Waals surface area contributed by atoms with Gasteiger partial charge < -0.3 is 15.8 Å². The molecule has 1 heterocycles. The average molecular weight is 263 g/mol. The van der Waals surface area contributed by atoms with Crippen LogP contribution in [0.1, 0.15) is 31.7 Å². The minimum atomic E-state index is -0.449. The van der Waals surface area contributed by atoms with E-state index in [0.717, 1.165) is 24.8 Å². The molecule has 2 unspecified atom stereocenters. The summed E-state index contributed by atoms with van der Waals surface area (Å²) >= 11 is 0. The number of carbonyl (C=O) groups excluding carboxylic acids is 1. The van der Waals surface area contributed by atoms with Gasteiger partial charge in [0.15, 0.2) is 0 Å². The summed E-state index contributed by atoms with van der Waals surface area (Å²) in [5.74, 6) is 0.562. The first kappa shape index (κ1) is 13.8. The minimum absolute atomic E-state index is 0.0170. The maximum Gasteiger partial charge on any atom is 0.227 e. The summed E-state index contributed by atoms with van der Waals surface area (Å²) in [7, 11) is 1.57. The van der Waals surface area contributed by atoms with Crippen LogP contribution in [0.15, 0.2) is 18.3 Å².